The predicted molar refractivity (Wildman–Crippen MR) is 140 cm³/mol. The van der Waals surface area contributed by atoms with E-state index in [1.54, 1.807) is 18.2 Å². The second kappa shape index (κ2) is 9.77. The monoisotopic (exact) mass is 513 g/mol. The van der Waals surface area contributed by atoms with E-state index in [1.165, 1.54) is 16.8 Å². The summed E-state index contributed by atoms with van der Waals surface area (Å²) in [5.74, 6) is 0.209. The van der Waals surface area contributed by atoms with E-state index in [1.807, 2.05) is 20.2 Å². The first-order valence-electron chi connectivity index (χ1n) is 11.2. The number of para-hydroxylation sites is 1. The fourth-order valence-corrected chi connectivity index (χ4v) is 4.79. The second-order valence-electron chi connectivity index (χ2n) is 8.45. The Morgan fingerprint density at radius 1 is 1.11 bits per heavy atom. The van der Waals surface area contributed by atoms with Gasteiger partial charge in [0.15, 0.2) is 6.73 Å². The quantitative estimate of drug-likeness (QED) is 0.529. The molecule has 2 aromatic carbocycles. The minimum absolute atomic E-state index is 0.0596. The van der Waals surface area contributed by atoms with Crippen molar-refractivity contribution in [1.29, 1.82) is 0 Å². The average Bonchev–Trinajstić information content (AvgIpc) is 2.86. The van der Waals surface area contributed by atoms with Crippen LogP contribution in [0.15, 0.2) is 42.6 Å². The third kappa shape index (κ3) is 4.67. The third-order valence-corrected chi connectivity index (χ3v) is 6.55. The molecule has 1 saturated heterocycles. The van der Waals surface area contributed by atoms with E-state index in [2.05, 4.69) is 42.5 Å². The Morgan fingerprint density at radius 3 is 2.57 bits per heavy atom. The van der Waals surface area contributed by atoms with Crippen molar-refractivity contribution >= 4 is 57.8 Å². The topological polar surface area (TPSA) is 85.9 Å². The van der Waals surface area contributed by atoms with E-state index in [0.717, 1.165) is 37.6 Å². The highest BCUT2D eigenvalue weighted by atomic mass is 35.5. The van der Waals surface area contributed by atoms with Crippen molar-refractivity contribution in [3.8, 4) is 5.88 Å². The molecule has 1 fully saturated rings. The van der Waals surface area contributed by atoms with Crippen LogP contribution in [-0.4, -0.2) is 62.9 Å². The van der Waals surface area contributed by atoms with Gasteiger partial charge < -0.3 is 25.2 Å². The molecule has 1 aromatic heterocycles. The maximum absolute atomic E-state index is 13.1. The Kier molecular flexibility index (Phi) is 6.55. The van der Waals surface area contributed by atoms with Gasteiger partial charge >= 0.3 is 0 Å². The third-order valence-electron chi connectivity index (χ3n) is 5.94. The average molecular weight is 514 g/mol. The first kappa shape index (κ1) is 23.5. The lowest BCUT2D eigenvalue weighted by Gasteiger charge is -2.33. The first-order chi connectivity index (χ1) is 16.9. The molecule has 11 heteroatoms. The number of nitrogens with zero attached hydrogens (tertiary/aromatic N) is 5. The molecule has 1 amide bonds. The summed E-state index contributed by atoms with van der Waals surface area (Å²) in [5.41, 5.74) is 3.74. The summed E-state index contributed by atoms with van der Waals surface area (Å²) < 4.78 is 5.79. The number of aromatic nitrogens is 2. The van der Waals surface area contributed by atoms with Gasteiger partial charge in [-0.05, 0) is 30.3 Å². The summed E-state index contributed by atoms with van der Waals surface area (Å²) in [4.78, 5) is 27.7. The predicted octanol–water partition coefficient (Wildman–Crippen LogP) is 4.00. The van der Waals surface area contributed by atoms with Gasteiger partial charge in [-0.3, -0.25) is 9.69 Å². The van der Waals surface area contributed by atoms with Crippen LogP contribution in [-0.2, 0) is 0 Å². The molecule has 2 aliphatic heterocycles. The summed E-state index contributed by atoms with van der Waals surface area (Å²) >= 11 is 12.6. The van der Waals surface area contributed by atoms with E-state index < -0.39 is 0 Å². The van der Waals surface area contributed by atoms with Crippen molar-refractivity contribution in [3.05, 3.63) is 58.2 Å². The van der Waals surface area contributed by atoms with Crippen molar-refractivity contribution in [2.75, 3.05) is 67.0 Å². The number of carbonyl (C=O) groups is 1. The van der Waals surface area contributed by atoms with Crippen LogP contribution < -0.4 is 30.1 Å². The Balaban J connectivity index is 1.38. The highest BCUT2D eigenvalue weighted by Gasteiger charge is 2.31. The van der Waals surface area contributed by atoms with Crippen LogP contribution in [0.5, 0.6) is 5.88 Å². The van der Waals surface area contributed by atoms with Gasteiger partial charge in [0.2, 0.25) is 11.8 Å². The van der Waals surface area contributed by atoms with E-state index in [-0.39, 0.29) is 24.1 Å². The van der Waals surface area contributed by atoms with Gasteiger partial charge in [0, 0.05) is 52.2 Å². The molecule has 2 aliphatic rings. The SMILES string of the molecule is CN(C)c1cc(Nc2ncc3c(n2)OCN(c2c(Cl)cccc2Cl)C3=O)ccc1N1CCNCC1. The number of piperazine rings is 1. The molecule has 0 atom stereocenters. The van der Waals surface area contributed by atoms with E-state index in [4.69, 9.17) is 27.9 Å². The van der Waals surface area contributed by atoms with Gasteiger partial charge in [-0.15, -0.1) is 0 Å². The van der Waals surface area contributed by atoms with Crippen molar-refractivity contribution in [1.82, 2.24) is 15.3 Å². The van der Waals surface area contributed by atoms with Crippen LogP contribution in [0.1, 0.15) is 10.4 Å². The van der Waals surface area contributed by atoms with Crippen molar-refractivity contribution in [3.63, 3.8) is 0 Å². The van der Waals surface area contributed by atoms with Crippen LogP contribution in [0.2, 0.25) is 10.0 Å². The largest absolute Gasteiger partial charge is 0.455 e. The zero-order valence-corrected chi connectivity index (χ0v) is 20.9. The van der Waals surface area contributed by atoms with Crippen LogP contribution >= 0.6 is 23.2 Å². The van der Waals surface area contributed by atoms with Gasteiger partial charge in [0.1, 0.15) is 5.56 Å². The van der Waals surface area contributed by atoms with Crippen molar-refractivity contribution in [2.45, 2.75) is 0 Å². The molecule has 5 rings (SSSR count). The summed E-state index contributed by atoms with van der Waals surface area (Å²) in [6.45, 7) is 3.80. The Hall–Kier alpha value is -3.27. The molecule has 0 saturated carbocycles. The molecule has 0 spiro atoms. The zero-order chi connectivity index (χ0) is 24.5. The second-order valence-corrected chi connectivity index (χ2v) is 9.26. The molecule has 0 bridgehead atoms. The summed E-state index contributed by atoms with van der Waals surface area (Å²) in [6.07, 6.45) is 1.45. The molecule has 35 heavy (non-hydrogen) atoms. The lowest BCUT2D eigenvalue weighted by atomic mass is 10.2. The molecule has 9 nitrogen and oxygen atoms in total. The molecule has 0 aliphatic carbocycles. The molecule has 3 aromatic rings. The Morgan fingerprint density at radius 2 is 1.86 bits per heavy atom. The molecule has 182 valence electrons. The van der Waals surface area contributed by atoms with Crippen LogP contribution in [0, 0.1) is 0 Å². The minimum Gasteiger partial charge on any atom is -0.455 e. The number of nitrogens with one attached hydrogen (secondary N) is 2. The van der Waals surface area contributed by atoms with Crippen LogP contribution in [0.25, 0.3) is 0 Å². The van der Waals surface area contributed by atoms with Crippen LogP contribution in [0.3, 0.4) is 0 Å². The van der Waals surface area contributed by atoms with Crippen molar-refractivity contribution in [2.24, 2.45) is 0 Å². The Labute approximate surface area is 213 Å². The number of ether oxygens (including phenoxy) is 1. The minimum atomic E-state index is -0.330. The molecule has 0 radical (unpaired) electrons. The first-order valence-corrected chi connectivity index (χ1v) is 12.0. The zero-order valence-electron chi connectivity index (χ0n) is 19.4. The standard InChI is InChI=1S/C24H25Cl2N7O2/c1-31(2)20-12-15(6-7-19(20)32-10-8-27-9-11-32)29-24-28-13-16-22(30-24)35-14-33(23(16)34)21-17(25)4-3-5-18(21)26/h3-7,12-13,27H,8-11,14H2,1-2H3,(H,28,29,30). The van der Waals surface area contributed by atoms with Crippen LogP contribution in [0.4, 0.5) is 28.7 Å². The maximum Gasteiger partial charge on any atom is 0.268 e. The lowest BCUT2D eigenvalue weighted by molar-refractivity contribution is 0.0932. The normalized spacial score (nSPS) is 15.5. The smallest absolute Gasteiger partial charge is 0.268 e. The fraction of sp³-hybridized carbons (Fsp3) is 0.292. The fourth-order valence-electron chi connectivity index (χ4n) is 4.19. The van der Waals surface area contributed by atoms with E-state index >= 15 is 0 Å². The Bertz CT molecular complexity index is 1240. The number of carbonyl (C=O) groups excluding carboxylic acids is 1. The summed E-state index contributed by atoms with van der Waals surface area (Å²) in [7, 11) is 4.05. The number of hydrogen-bond acceptors (Lipinski definition) is 8. The number of fused-ring (bicyclic) bond motifs is 1. The molecule has 2 N–H and O–H groups in total. The molecule has 0 unspecified atom stereocenters. The summed E-state index contributed by atoms with van der Waals surface area (Å²) in [6, 6.07) is 11.2. The summed E-state index contributed by atoms with van der Waals surface area (Å²) in [5, 5.41) is 7.33. The molecule has 3 heterocycles. The lowest BCUT2D eigenvalue weighted by Crippen LogP contribution is -2.44. The van der Waals surface area contributed by atoms with Gasteiger partial charge in [-0.25, -0.2) is 4.98 Å². The number of halogens is 2. The van der Waals surface area contributed by atoms with Crippen molar-refractivity contribution < 1.29 is 9.53 Å². The maximum atomic E-state index is 13.1. The number of anilines is 5. The van der Waals surface area contributed by atoms with Gasteiger partial charge in [0.25, 0.3) is 5.91 Å². The van der Waals surface area contributed by atoms with Gasteiger partial charge in [-0.1, -0.05) is 29.3 Å². The number of amides is 1. The molecular weight excluding hydrogens is 489 g/mol. The van der Waals surface area contributed by atoms with Gasteiger partial charge in [0.05, 0.1) is 27.1 Å². The number of benzene rings is 2. The van der Waals surface area contributed by atoms with E-state index in [9.17, 15) is 4.79 Å². The van der Waals surface area contributed by atoms with Gasteiger partial charge in [-0.2, -0.15) is 4.98 Å². The number of rotatable bonds is 5. The van der Waals surface area contributed by atoms with E-state index in [0.29, 0.717) is 21.7 Å². The molecular formula is C24H25Cl2N7O2. The number of hydrogen-bond donors (Lipinski definition) is 2. The highest BCUT2D eigenvalue weighted by molar-refractivity contribution is 6.40. The highest BCUT2D eigenvalue weighted by Crippen LogP contribution is 2.37.